The van der Waals surface area contributed by atoms with E-state index >= 15 is 0 Å². The molecule has 0 saturated carbocycles. The number of rotatable bonds is 3. The van der Waals surface area contributed by atoms with E-state index in [1.54, 1.807) is 0 Å². The number of hydrogen-bond acceptors (Lipinski definition) is 3. The van der Waals surface area contributed by atoms with Crippen LogP contribution in [0.3, 0.4) is 0 Å². The Morgan fingerprint density at radius 1 is 1.88 bits per heavy atom. The summed E-state index contributed by atoms with van der Waals surface area (Å²) in [7, 11) is 1.26. The molecule has 0 amide bonds. The maximum atomic E-state index is 9.93. The Hall–Kier alpha value is -0.320. The Morgan fingerprint density at radius 3 is 2.88 bits per heavy atom. The highest BCUT2D eigenvalue weighted by atomic mass is 79.9. The molecule has 0 atom stereocenters. The third kappa shape index (κ3) is 5.68. The predicted octanol–water partition coefficient (Wildman–Crippen LogP) is 0.905. The van der Waals surface area contributed by atoms with Gasteiger partial charge in [0.2, 0.25) is 0 Å². The molecule has 0 spiro atoms. The number of alkyl halides is 1. The van der Waals surface area contributed by atoms with Gasteiger partial charge in [0.15, 0.2) is 12.3 Å². The van der Waals surface area contributed by atoms with Crippen LogP contribution < -0.4 is 0 Å². The maximum Gasteiger partial charge on any atom is 0.199 e. The highest BCUT2D eigenvalue weighted by Crippen LogP contribution is 1.81. The number of hydroxylamine groups is 1. The molecule has 0 N–H and O–H groups in total. The molecule has 5 heteroatoms. The number of halogens is 1. The quantitative estimate of drug-likeness (QED) is 0.214. The van der Waals surface area contributed by atoms with E-state index in [-0.39, 0.29) is 0 Å². The van der Waals surface area contributed by atoms with Gasteiger partial charge in [-0.1, -0.05) is 20.8 Å². The van der Waals surface area contributed by atoms with Crippen molar-refractivity contribution < 1.29 is 9.70 Å². The Bertz CT molecular complexity index is 81.4. The largest absolute Gasteiger partial charge is 0.598 e. The van der Waals surface area contributed by atoms with Gasteiger partial charge in [-0.15, -0.1) is 0 Å². The Labute approximate surface area is 55.8 Å². The first-order chi connectivity index (χ1) is 3.77. The van der Waals surface area contributed by atoms with Gasteiger partial charge >= 0.3 is 0 Å². The molecule has 0 heterocycles. The minimum Gasteiger partial charge on any atom is -0.598 e. The first-order valence-electron chi connectivity index (χ1n) is 2.07. The van der Waals surface area contributed by atoms with Gasteiger partial charge in [-0.2, -0.15) is 0 Å². The van der Waals surface area contributed by atoms with E-state index in [4.69, 9.17) is 0 Å². The summed E-state index contributed by atoms with van der Waals surface area (Å²) in [5, 5.41) is 13.7. The van der Waals surface area contributed by atoms with E-state index in [1.807, 2.05) is 0 Å². The van der Waals surface area contributed by atoms with Crippen molar-refractivity contribution in [1.82, 2.24) is 0 Å². The molecule has 0 aromatic carbocycles. The SMILES string of the molecule is C[N+]([O-])=NOCCBr. The van der Waals surface area contributed by atoms with Gasteiger partial charge in [-0.05, 0) is 0 Å². The summed E-state index contributed by atoms with van der Waals surface area (Å²) in [6.07, 6.45) is 0. The fourth-order valence-electron chi connectivity index (χ4n) is 0.157. The summed E-state index contributed by atoms with van der Waals surface area (Å²) in [6.45, 7) is 0.423. The zero-order chi connectivity index (χ0) is 6.41. The highest BCUT2D eigenvalue weighted by Gasteiger charge is 1.81. The van der Waals surface area contributed by atoms with Crippen LogP contribution in [0, 0.1) is 5.21 Å². The molecule has 0 aromatic rings. The van der Waals surface area contributed by atoms with E-state index in [0.29, 0.717) is 16.8 Å². The van der Waals surface area contributed by atoms with Crippen molar-refractivity contribution in [2.75, 3.05) is 19.0 Å². The highest BCUT2D eigenvalue weighted by molar-refractivity contribution is 9.09. The molecule has 0 bridgehead atoms. The molecular weight excluding hydrogens is 176 g/mol. The topological polar surface area (TPSA) is 47.7 Å². The molecular formula is C3H7BrN2O2. The van der Waals surface area contributed by atoms with Gasteiger partial charge in [0, 0.05) is 5.33 Å². The predicted molar refractivity (Wildman–Crippen MR) is 31.7 cm³/mol. The maximum absolute atomic E-state index is 9.93. The van der Waals surface area contributed by atoms with E-state index < -0.39 is 0 Å². The van der Waals surface area contributed by atoms with Gasteiger partial charge in [0.05, 0.1) is 0 Å². The first-order valence-corrected chi connectivity index (χ1v) is 3.19. The third-order valence-corrected chi connectivity index (χ3v) is 0.665. The average Bonchev–Trinajstić information content (AvgIpc) is 1.66. The molecule has 8 heavy (non-hydrogen) atoms. The minimum atomic E-state index is 0.364. The van der Waals surface area contributed by atoms with E-state index in [2.05, 4.69) is 26.0 Å². The van der Waals surface area contributed by atoms with Crippen molar-refractivity contribution in [1.29, 1.82) is 0 Å². The molecule has 0 unspecified atom stereocenters. The summed E-state index contributed by atoms with van der Waals surface area (Å²) in [6, 6.07) is 0. The molecule has 0 rings (SSSR count). The van der Waals surface area contributed by atoms with Gasteiger partial charge < -0.3 is 10.0 Å². The van der Waals surface area contributed by atoms with Crippen LogP contribution in [0.25, 0.3) is 0 Å². The second-order valence-corrected chi connectivity index (χ2v) is 1.86. The van der Waals surface area contributed by atoms with Crippen molar-refractivity contribution in [2.45, 2.75) is 0 Å². The Kier molecular flexibility index (Phi) is 4.64. The van der Waals surface area contributed by atoms with Gasteiger partial charge in [-0.3, -0.25) is 0 Å². The molecule has 0 saturated heterocycles. The second kappa shape index (κ2) is 4.83. The lowest BCUT2D eigenvalue weighted by molar-refractivity contribution is -0.530. The van der Waals surface area contributed by atoms with Crippen molar-refractivity contribution in [2.24, 2.45) is 5.28 Å². The fraction of sp³-hybridized carbons (Fsp3) is 1.00. The lowest BCUT2D eigenvalue weighted by Gasteiger charge is -1.90. The molecule has 0 aliphatic carbocycles. The summed E-state index contributed by atoms with van der Waals surface area (Å²) in [5.74, 6) is 0. The second-order valence-electron chi connectivity index (χ2n) is 1.07. The molecule has 0 radical (unpaired) electrons. The Balaban J connectivity index is 3.03. The third-order valence-electron chi connectivity index (χ3n) is 0.341. The van der Waals surface area contributed by atoms with Crippen LogP contribution >= 0.6 is 15.9 Å². The molecule has 4 nitrogen and oxygen atoms in total. The number of nitrogens with zero attached hydrogens (tertiary/aromatic N) is 2. The summed E-state index contributed by atoms with van der Waals surface area (Å²) < 4.78 is 0. The van der Waals surface area contributed by atoms with Crippen molar-refractivity contribution in [3.8, 4) is 0 Å². The monoisotopic (exact) mass is 182 g/mol. The zero-order valence-corrected chi connectivity index (χ0v) is 6.09. The van der Waals surface area contributed by atoms with Crippen LogP contribution in [-0.2, 0) is 4.84 Å². The lowest BCUT2D eigenvalue weighted by atomic mass is 10.9. The summed E-state index contributed by atoms with van der Waals surface area (Å²) >= 11 is 3.09. The van der Waals surface area contributed by atoms with Gasteiger partial charge in [0.1, 0.15) is 6.61 Å². The number of hydrogen-bond donors (Lipinski definition) is 0. The summed E-state index contributed by atoms with van der Waals surface area (Å²) in [5.41, 5.74) is 0. The van der Waals surface area contributed by atoms with E-state index in [1.165, 1.54) is 7.05 Å². The van der Waals surface area contributed by atoms with E-state index in [0.717, 1.165) is 0 Å². The normalized spacial score (nSPS) is 11.5. The van der Waals surface area contributed by atoms with Crippen molar-refractivity contribution in [3.63, 3.8) is 0 Å². The van der Waals surface area contributed by atoms with Crippen LogP contribution in [-0.4, -0.2) is 23.8 Å². The van der Waals surface area contributed by atoms with Crippen LogP contribution in [0.5, 0.6) is 0 Å². The van der Waals surface area contributed by atoms with Gasteiger partial charge in [0.25, 0.3) is 0 Å². The van der Waals surface area contributed by atoms with Crippen molar-refractivity contribution >= 4 is 15.9 Å². The molecule has 0 aliphatic rings. The average molecular weight is 183 g/mol. The first kappa shape index (κ1) is 7.68. The lowest BCUT2D eigenvalue weighted by Crippen LogP contribution is -1.94. The van der Waals surface area contributed by atoms with Crippen molar-refractivity contribution in [3.05, 3.63) is 5.21 Å². The zero-order valence-electron chi connectivity index (χ0n) is 4.50. The van der Waals surface area contributed by atoms with Crippen LogP contribution in [0.1, 0.15) is 0 Å². The smallest absolute Gasteiger partial charge is 0.199 e. The minimum absolute atomic E-state index is 0.364. The van der Waals surface area contributed by atoms with Crippen LogP contribution in [0.2, 0.25) is 0 Å². The molecule has 0 fully saturated rings. The molecule has 0 aliphatic heterocycles. The standard InChI is InChI=1S/C3H7BrN2O2/c1-6(7)5-8-3-2-4/h2-3H2,1H3. The van der Waals surface area contributed by atoms with Crippen LogP contribution in [0.4, 0.5) is 0 Å². The molecule has 48 valence electrons. The van der Waals surface area contributed by atoms with Crippen LogP contribution in [0.15, 0.2) is 5.28 Å². The van der Waals surface area contributed by atoms with E-state index in [9.17, 15) is 5.21 Å². The molecule has 0 aromatic heterocycles. The summed E-state index contributed by atoms with van der Waals surface area (Å²) in [4.78, 5) is 4.80. The Morgan fingerprint density at radius 2 is 2.50 bits per heavy atom. The van der Waals surface area contributed by atoms with Gasteiger partial charge in [-0.25, -0.2) is 0 Å². The fourth-order valence-corrected chi connectivity index (χ4v) is 0.301.